The molecule has 0 bridgehead atoms. The quantitative estimate of drug-likeness (QED) is 0.175. The van der Waals surface area contributed by atoms with Crippen LogP contribution in [-0.2, 0) is 16.2 Å². The first kappa shape index (κ1) is 28.4. The molecule has 4 aromatic rings. The molecule has 1 heterocycles. The van der Waals surface area contributed by atoms with Crippen LogP contribution in [0.4, 0.5) is 43.4 Å². The zero-order valence-corrected chi connectivity index (χ0v) is 20.9. The lowest BCUT2D eigenvalue weighted by atomic mass is 10.0. The van der Waals surface area contributed by atoms with Gasteiger partial charge in [-0.05, 0) is 55.0 Å². The fraction of sp³-hybridized carbons (Fsp3) is 0.125. The number of aromatic hydroxyl groups is 1. The third kappa shape index (κ3) is 5.70. The van der Waals surface area contributed by atoms with E-state index in [2.05, 4.69) is 15.3 Å². The minimum atomic E-state index is -5.67. The highest BCUT2D eigenvalue weighted by molar-refractivity contribution is 7.93. The highest BCUT2D eigenvalue weighted by Gasteiger charge is 2.46. The average Bonchev–Trinajstić information content (AvgIpc) is 3.15. The van der Waals surface area contributed by atoms with Crippen LogP contribution in [0.3, 0.4) is 0 Å². The summed E-state index contributed by atoms with van der Waals surface area (Å²) >= 11 is 0. The Morgan fingerprint density at radius 3 is 2.20 bits per heavy atom. The molecular formula is C24H17F6N5O4S. The molecule has 0 aliphatic carbocycles. The molecule has 0 unspecified atom stereocenters. The molecule has 210 valence electrons. The van der Waals surface area contributed by atoms with Crippen molar-refractivity contribution < 1.29 is 39.9 Å². The molecule has 0 spiro atoms. The van der Waals surface area contributed by atoms with E-state index in [1.165, 1.54) is 42.0 Å². The van der Waals surface area contributed by atoms with Crippen LogP contribution < -0.4 is 10.3 Å². The van der Waals surface area contributed by atoms with Crippen LogP contribution in [0, 0.1) is 6.92 Å². The lowest BCUT2D eigenvalue weighted by molar-refractivity contribution is -0.137. The average molecular weight is 585 g/mol. The second-order valence-corrected chi connectivity index (χ2v) is 9.95. The van der Waals surface area contributed by atoms with Crippen LogP contribution in [0.1, 0.15) is 11.3 Å². The summed E-state index contributed by atoms with van der Waals surface area (Å²) in [5.41, 5.74) is -7.39. The number of anilines is 1. The third-order valence-corrected chi connectivity index (χ3v) is 6.61. The number of alkyl halides is 6. The Morgan fingerprint density at radius 2 is 1.57 bits per heavy atom. The van der Waals surface area contributed by atoms with Gasteiger partial charge in [-0.25, -0.2) is 4.68 Å². The molecule has 40 heavy (non-hydrogen) atoms. The monoisotopic (exact) mass is 585 g/mol. The van der Waals surface area contributed by atoms with Gasteiger partial charge >= 0.3 is 21.7 Å². The second-order valence-electron chi connectivity index (χ2n) is 8.28. The van der Waals surface area contributed by atoms with Gasteiger partial charge in [-0.15, -0.1) is 10.2 Å². The summed E-state index contributed by atoms with van der Waals surface area (Å²) in [6.07, 6.45) is -4.55. The maximum Gasteiger partial charge on any atom is 0.516 e. The van der Waals surface area contributed by atoms with Gasteiger partial charge in [-0.1, -0.05) is 24.3 Å². The first-order valence-electron chi connectivity index (χ1n) is 11.0. The fourth-order valence-corrected chi connectivity index (χ4v) is 4.10. The zero-order chi connectivity index (χ0) is 29.5. The summed E-state index contributed by atoms with van der Waals surface area (Å²) in [4.78, 5) is 12.8. The molecular weight excluding hydrogens is 568 g/mol. The highest BCUT2D eigenvalue weighted by Crippen LogP contribution is 2.39. The molecule has 16 heteroatoms. The van der Waals surface area contributed by atoms with E-state index in [1.54, 1.807) is 0 Å². The van der Waals surface area contributed by atoms with Crippen LogP contribution in [0.5, 0.6) is 5.75 Å². The van der Waals surface area contributed by atoms with E-state index in [-0.39, 0.29) is 33.9 Å². The number of nitrogens with zero attached hydrogens (tertiary/aromatic N) is 3. The molecule has 0 amide bonds. The van der Waals surface area contributed by atoms with Crippen molar-refractivity contribution in [3.05, 3.63) is 88.3 Å². The van der Waals surface area contributed by atoms with Gasteiger partial charge in [0.1, 0.15) is 5.69 Å². The number of aromatic nitrogens is 2. The number of hydrogen-bond acceptors (Lipinski definition) is 6. The van der Waals surface area contributed by atoms with Crippen molar-refractivity contribution in [3.63, 3.8) is 0 Å². The lowest BCUT2D eigenvalue weighted by Gasteiger charge is -2.12. The largest absolute Gasteiger partial charge is 0.516 e. The molecule has 3 aromatic carbocycles. The predicted molar refractivity (Wildman–Crippen MR) is 132 cm³/mol. The molecule has 0 atom stereocenters. The molecule has 0 saturated heterocycles. The Kier molecular flexibility index (Phi) is 7.23. The number of aromatic amines is 1. The summed E-state index contributed by atoms with van der Waals surface area (Å²) in [6, 6.07) is 12.8. The Balaban J connectivity index is 1.64. The summed E-state index contributed by atoms with van der Waals surface area (Å²) < 4.78 is 102. The van der Waals surface area contributed by atoms with Crippen molar-refractivity contribution in [2.24, 2.45) is 10.2 Å². The highest BCUT2D eigenvalue weighted by atomic mass is 32.2. The number of phenolic OH excluding ortho intramolecular Hbond substituents is 1. The summed E-state index contributed by atoms with van der Waals surface area (Å²) in [6.45, 7) is 1.47. The van der Waals surface area contributed by atoms with Gasteiger partial charge in [-0.2, -0.15) is 34.8 Å². The number of sulfonamides is 1. The maximum atomic E-state index is 12.8. The Labute approximate surface area is 221 Å². The van der Waals surface area contributed by atoms with E-state index in [1.807, 2.05) is 0 Å². The molecule has 0 aliphatic rings. The smallest absolute Gasteiger partial charge is 0.505 e. The molecule has 3 N–H and O–H groups in total. The van der Waals surface area contributed by atoms with Crippen molar-refractivity contribution in [2.75, 3.05) is 4.72 Å². The number of benzene rings is 3. The van der Waals surface area contributed by atoms with Crippen LogP contribution in [0.15, 0.2) is 81.8 Å². The second kappa shape index (κ2) is 10.2. The molecule has 0 aliphatic heterocycles. The van der Waals surface area contributed by atoms with E-state index in [9.17, 15) is 44.7 Å². The van der Waals surface area contributed by atoms with Crippen LogP contribution in [-0.4, -0.2) is 28.8 Å². The number of phenols is 1. The standard InChI is InChI=1S/C24H17F6N5O4S/c1-13-20(22(37)35(33-13)17-10-8-15(9-11-17)23(25,26)27)32-31-19-7-3-6-18(21(19)36)14-4-2-5-16(12-14)34-40(38,39)24(28,29)30/h2-12,33-34,36H,1H3. The van der Waals surface area contributed by atoms with E-state index >= 15 is 0 Å². The van der Waals surface area contributed by atoms with Crippen LogP contribution in [0.25, 0.3) is 16.8 Å². The Morgan fingerprint density at radius 1 is 0.925 bits per heavy atom. The van der Waals surface area contributed by atoms with Crippen molar-refractivity contribution in [2.45, 2.75) is 18.6 Å². The normalized spacial score (nSPS) is 12.7. The summed E-state index contributed by atoms with van der Waals surface area (Å²) in [5, 5.41) is 21.2. The first-order chi connectivity index (χ1) is 18.6. The maximum absolute atomic E-state index is 12.8. The topological polar surface area (TPSA) is 129 Å². The third-order valence-electron chi connectivity index (χ3n) is 5.50. The molecule has 1 aromatic heterocycles. The number of hydrogen-bond donors (Lipinski definition) is 3. The van der Waals surface area contributed by atoms with E-state index in [4.69, 9.17) is 0 Å². The lowest BCUT2D eigenvalue weighted by Crippen LogP contribution is -2.29. The minimum Gasteiger partial charge on any atom is -0.505 e. The molecule has 0 saturated carbocycles. The van der Waals surface area contributed by atoms with Crippen molar-refractivity contribution in [3.8, 4) is 22.6 Å². The number of H-pyrrole nitrogens is 1. The number of aryl methyl sites for hydroxylation is 1. The van der Waals surface area contributed by atoms with Crippen molar-refractivity contribution in [1.29, 1.82) is 0 Å². The molecule has 0 radical (unpaired) electrons. The van der Waals surface area contributed by atoms with Gasteiger partial charge in [0.2, 0.25) is 0 Å². The van der Waals surface area contributed by atoms with Gasteiger partial charge in [0.15, 0.2) is 11.4 Å². The van der Waals surface area contributed by atoms with E-state index in [0.29, 0.717) is 0 Å². The zero-order valence-electron chi connectivity index (χ0n) is 20.0. The minimum absolute atomic E-state index is 0.0671. The van der Waals surface area contributed by atoms with Gasteiger partial charge in [0.05, 0.1) is 16.9 Å². The number of halogens is 6. The first-order valence-corrected chi connectivity index (χ1v) is 12.5. The van der Waals surface area contributed by atoms with Crippen molar-refractivity contribution in [1.82, 2.24) is 9.78 Å². The summed E-state index contributed by atoms with van der Waals surface area (Å²) in [5.74, 6) is -0.474. The number of nitrogens with one attached hydrogen (secondary N) is 2. The van der Waals surface area contributed by atoms with E-state index < -0.39 is 44.3 Å². The van der Waals surface area contributed by atoms with Crippen molar-refractivity contribution >= 4 is 27.1 Å². The Bertz CT molecular complexity index is 1760. The summed E-state index contributed by atoms with van der Waals surface area (Å²) in [7, 11) is -5.67. The Hall–Kier alpha value is -4.60. The predicted octanol–water partition coefficient (Wildman–Crippen LogP) is 6.54. The van der Waals surface area contributed by atoms with Crippen LogP contribution in [0.2, 0.25) is 0 Å². The number of rotatable bonds is 6. The SMILES string of the molecule is Cc1[nH]n(-c2ccc(C(F)(F)F)cc2)c(=O)c1N=Nc1cccc(-c2cccc(NS(=O)(=O)C(F)(F)F)c2)c1O. The van der Waals surface area contributed by atoms with Gasteiger partial charge in [0, 0.05) is 11.3 Å². The number of para-hydroxylation sites is 1. The molecule has 0 fully saturated rings. The van der Waals surface area contributed by atoms with Gasteiger partial charge in [-0.3, -0.25) is 14.6 Å². The van der Waals surface area contributed by atoms with Gasteiger partial charge < -0.3 is 5.11 Å². The van der Waals surface area contributed by atoms with E-state index in [0.717, 1.165) is 41.1 Å². The molecule has 4 rings (SSSR count). The fourth-order valence-electron chi connectivity index (χ4n) is 3.55. The number of azo groups is 1. The van der Waals surface area contributed by atoms with Crippen LogP contribution >= 0.6 is 0 Å². The van der Waals surface area contributed by atoms with Gasteiger partial charge in [0.25, 0.3) is 5.56 Å². The molecule has 9 nitrogen and oxygen atoms in total.